The van der Waals surface area contributed by atoms with Crippen LogP contribution in [0.25, 0.3) is 0 Å². The van der Waals surface area contributed by atoms with Crippen molar-refractivity contribution in [2.75, 3.05) is 5.75 Å². The van der Waals surface area contributed by atoms with Gasteiger partial charge in [-0.1, -0.05) is 19.1 Å². The average Bonchev–Trinajstić information content (AvgIpc) is 2.52. The smallest absolute Gasteiger partial charge is 0.269 e. The molecule has 1 aromatic carbocycles. The molecule has 0 aromatic heterocycles. The maximum absolute atomic E-state index is 11.9. The van der Waals surface area contributed by atoms with Crippen molar-refractivity contribution in [2.24, 2.45) is 0 Å². The van der Waals surface area contributed by atoms with E-state index in [0.29, 0.717) is 10.6 Å². The number of amides is 1. The topological polar surface area (TPSA) is 96.0 Å². The van der Waals surface area contributed by atoms with E-state index in [4.69, 9.17) is 0 Å². The molecule has 1 N–H and O–H groups in total. The van der Waals surface area contributed by atoms with E-state index in [0.717, 1.165) is 17.7 Å². The van der Waals surface area contributed by atoms with Crippen molar-refractivity contribution >= 4 is 23.4 Å². The highest BCUT2D eigenvalue weighted by molar-refractivity contribution is 8.03. The summed E-state index contributed by atoms with van der Waals surface area (Å²) in [6.45, 7) is 2.03. The molecule has 7 heteroatoms. The number of benzene rings is 1. The number of non-ortho nitro benzene ring substituents is 1. The van der Waals surface area contributed by atoms with E-state index in [1.807, 2.05) is 6.92 Å². The lowest BCUT2D eigenvalue weighted by Crippen LogP contribution is -2.30. The van der Waals surface area contributed by atoms with E-state index >= 15 is 0 Å². The van der Waals surface area contributed by atoms with Gasteiger partial charge >= 0.3 is 0 Å². The van der Waals surface area contributed by atoms with E-state index in [1.165, 1.54) is 23.9 Å². The summed E-state index contributed by atoms with van der Waals surface area (Å²) in [5, 5.41) is 23.5. The quantitative estimate of drug-likeness (QED) is 0.665. The lowest BCUT2D eigenvalue weighted by atomic mass is 9.87. The van der Waals surface area contributed by atoms with Gasteiger partial charge in [0.05, 0.1) is 21.6 Å². The first-order chi connectivity index (χ1) is 10.6. The van der Waals surface area contributed by atoms with Crippen LogP contribution in [0.1, 0.15) is 31.2 Å². The molecule has 0 saturated carbocycles. The van der Waals surface area contributed by atoms with Crippen LogP contribution in [-0.2, 0) is 4.79 Å². The maximum atomic E-state index is 11.9. The first-order valence-electron chi connectivity index (χ1n) is 6.88. The predicted molar refractivity (Wildman–Crippen MR) is 84.0 cm³/mol. The molecule has 0 fully saturated rings. The number of allylic oxidation sites excluding steroid dienone is 1. The molecule has 1 heterocycles. The summed E-state index contributed by atoms with van der Waals surface area (Å²) >= 11 is 1.46. The van der Waals surface area contributed by atoms with E-state index in [2.05, 4.69) is 11.4 Å². The SMILES string of the molecule is CCCSC1=C(C#N)[C@H](c2ccc([N+](=O)[O-])cc2)CC(=O)N1. The molecule has 1 aromatic rings. The number of carbonyl (C=O) groups is 1. The first-order valence-corrected chi connectivity index (χ1v) is 7.86. The minimum atomic E-state index is -0.471. The van der Waals surface area contributed by atoms with Gasteiger partial charge in [-0.2, -0.15) is 5.26 Å². The number of hydrogen-bond donors (Lipinski definition) is 1. The lowest BCUT2D eigenvalue weighted by molar-refractivity contribution is -0.384. The van der Waals surface area contributed by atoms with Crippen molar-refractivity contribution in [2.45, 2.75) is 25.7 Å². The molecule has 1 aliphatic rings. The maximum Gasteiger partial charge on any atom is 0.269 e. The summed E-state index contributed by atoms with van der Waals surface area (Å²) in [6.07, 6.45) is 1.11. The van der Waals surface area contributed by atoms with Gasteiger partial charge in [0.1, 0.15) is 0 Å². The van der Waals surface area contributed by atoms with Gasteiger partial charge in [0.15, 0.2) is 0 Å². The van der Waals surface area contributed by atoms with Gasteiger partial charge in [0.25, 0.3) is 5.69 Å². The van der Waals surface area contributed by atoms with Gasteiger partial charge in [-0.15, -0.1) is 11.8 Å². The Kier molecular flexibility index (Phi) is 5.17. The first kappa shape index (κ1) is 16.0. The van der Waals surface area contributed by atoms with E-state index in [9.17, 15) is 20.2 Å². The van der Waals surface area contributed by atoms with Crippen LogP contribution in [0.4, 0.5) is 5.69 Å². The normalized spacial score (nSPS) is 17.8. The third-order valence-electron chi connectivity index (χ3n) is 3.31. The summed E-state index contributed by atoms with van der Waals surface area (Å²) in [6, 6.07) is 8.20. The standard InChI is InChI=1S/C15H15N3O3S/c1-2-7-22-15-13(9-16)12(8-14(19)17-15)10-3-5-11(6-4-10)18(20)21/h3-6,12H,2,7-8H2,1H3,(H,17,19)/t12-/m0/s1. The van der Waals surface area contributed by atoms with Crippen molar-refractivity contribution in [1.82, 2.24) is 5.32 Å². The summed E-state index contributed by atoms with van der Waals surface area (Å²) in [4.78, 5) is 22.1. The van der Waals surface area contributed by atoms with Crippen LogP contribution < -0.4 is 5.32 Å². The van der Waals surface area contributed by atoms with Gasteiger partial charge in [-0.05, 0) is 17.7 Å². The molecule has 0 aliphatic carbocycles. The molecule has 0 unspecified atom stereocenters. The molecule has 22 heavy (non-hydrogen) atoms. The third kappa shape index (κ3) is 3.46. The average molecular weight is 317 g/mol. The minimum absolute atomic E-state index is 0.00733. The zero-order valence-corrected chi connectivity index (χ0v) is 12.9. The van der Waals surface area contributed by atoms with Crippen LogP contribution in [0, 0.1) is 21.4 Å². The fraction of sp³-hybridized carbons (Fsp3) is 0.333. The van der Waals surface area contributed by atoms with Crippen LogP contribution in [-0.4, -0.2) is 16.6 Å². The highest BCUT2D eigenvalue weighted by atomic mass is 32.2. The number of nitrogens with zero attached hydrogens (tertiary/aromatic N) is 2. The van der Waals surface area contributed by atoms with Crippen LogP contribution >= 0.6 is 11.8 Å². The molecular weight excluding hydrogens is 302 g/mol. The number of nitrogens with one attached hydrogen (secondary N) is 1. The Morgan fingerprint density at radius 3 is 2.68 bits per heavy atom. The Hall–Kier alpha value is -2.33. The Bertz CT molecular complexity index is 662. The fourth-order valence-corrected chi connectivity index (χ4v) is 3.19. The highest BCUT2D eigenvalue weighted by Gasteiger charge is 2.29. The Morgan fingerprint density at radius 2 is 2.14 bits per heavy atom. The van der Waals surface area contributed by atoms with E-state index < -0.39 is 4.92 Å². The number of thioether (sulfide) groups is 1. The molecule has 0 saturated heterocycles. The van der Waals surface area contributed by atoms with Crippen molar-refractivity contribution in [1.29, 1.82) is 5.26 Å². The van der Waals surface area contributed by atoms with Crippen LogP contribution in [0.2, 0.25) is 0 Å². The molecule has 0 radical (unpaired) electrons. The summed E-state index contributed by atoms with van der Waals surface area (Å²) in [5.41, 5.74) is 1.26. The van der Waals surface area contributed by atoms with E-state index in [-0.39, 0.29) is 23.9 Å². The predicted octanol–water partition coefficient (Wildman–Crippen LogP) is 3.08. The Labute approximate surface area is 132 Å². The molecule has 1 aliphatic heterocycles. The monoisotopic (exact) mass is 317 g/mol. The number of carbonyl (C=O) groups excluding carboxylic acids is 1. The number of nitro groups is 1. The number of nitro benzene ring substituents is 1. The van der Waals surface area contributed by atoms with Gasteiger partial charge in [-0.25, -0.2) is 0 Å². The zero-order chi connectivity index (χ0) is 16.1. The second kappa shape index (κ2) is 7.09. The molecule has 0 spiro atoms. The van der Waals surface area contributed by atoms with Crippen LogP contribution in [0.5, 0.6) is 0 Å². The zero-order valence-electron chi connectivity index (χ0n) is 12.0. The molecule has 114 valence electrons. The minimum Gasteiger partial charge on any atom is -0.320 e. The Balaban J connectivity index is 2.36. The van der Waals surface area contributed by atoms with Crippen molar-refractivity contribution in [3.05, 3.63) is 50.5 Å². The van der Waals surface area contributed by atoms with Gasteiger partial charge < -0.3 is 5.32 Å². The number of nitriles is 1. The largest absolute Gasteiger partial charge is 0.320 e. The van der Waals surface area contributed by atoms with Gasteiger partial charge in [0, 0.05) is 24.5 Å². The summed E-state index contributed by atoms with van der Waals surface area (Å²) < 4.78 is 0. The fourth-order valence-electron chi connectivity index (χ4n) is 2.25. The second-order valence-electron chi connectivity index (χ2n) is 4.86. The van der Waals surface area contributed by atoms with Gasteiger partial charge in [0.2, 0.25) is 5.91 Å². The van der Waals surface area contributed by atoms with Gasteiger partial charge in [-0.3, -0.25) is 14.9 Å². The molecular formula is C15H15N3O3S. The molecule has 6 nitrogen and oxygen atoms in total. The molecule has 1 atom stereocenters. The molecule has 0 bridgehead atoms. The van der Waals surface area contributed by atoms with Crippen LogP contribution in [0.15, 0.2) is 34.9 Å². The summed E-state index contributed by atoms with van der Waals surface area (Å²) in [5.74, 6) is 0.327. The molecule has 1 amide bonds. The Morgan fingerprint density at radius 1 is 1.45 bits per heavy atom. The molecule has 2 rings (SSSR count). The highest BCUT2D eigenvalue weighted by Crippen LogP contribution is 2.36. The third-order valence-corrected chi connectivity index (χ3v) is 4.54. The van der Waals surface area contributed by atoms with Crippen LogP contribution in [0.3, 0.4) is 0 Å². The van der Waals surface area contributed by atoms with Crippen molar-refractivity contribution < 1.29 is 9.72 Å². The number of hydrogen-bond acceptors (Lipinski definition) is 5. The lowest BCUT2D eigenvalue weighted by Gasteiger charge is -2.24. The number of rotatable bonds is 5. The van der Waals surface area contributed by atoms with Crippen molar-refractivity contribution in [3.63, 3.8) is 0 Å². The van der Waals surface area contributed by atoms with Crippen molar-refractivity contribution in [3.8, 4) is 6.07 Å². The second-order valence-corrected chi connectivity index (χ2v) is 5.96. The van der Waals surface area contributed by atoms with E-state index in [1.54, 1.807) is 12.1 Å². The summed E-state index contributed by atoms with van der Waals surface area (Å²) in [7, 11) is 0.